The first-order valence-corrected chi connectivity index (χ1v) is 16.0. The Hall–Kier alpha value is -3.70. The summed E-state index contributed by atoms with van der Waals surface area (Å²) in [6.07, 6.45) is -6.98. The molecule has 0 radical (unpaired) electrons. The summed E-state index contributed by atoms with van der Waals surface area (Å²) in [5, 5.41) is 61.5. The van der Waals surface area contributed by atoms with Crippen LogP contribution < -0.4 is 18.9 Å². The molecule has 1 heterocycles. The Morgan fingerprint density at radius 3 is 1.96 bits per heavy atom. The van der Waals surface area contributed by atoms with Crippen LogP contribution in [0.5, 0.6) is 23.0 Å². The summed E-state index contributed by atoms with van der Waals surface area (Å²) >= 11 is 0. The summed E-state index contributed by atoms with van der Waals surface area (Å²) in [5.41, 5.74) is 4.91. The Morgan fingerprint density at radius 1 is 0.857 bits per heavy atom. The fourth-order valence-corrected chi connectivity index (χ4v) is 6.02. The monoisotopic (exact) mass is 694 g/mol. The Kier molecular flexibility index (Phi) is 14.9. The van der Waals surface area contributed by atoms with Crippen molar-refractivity contribution in [3.8, 4) is 23.0 Å². The van der Waals surface area contributed by atoms with Gasteiger partial charge in [0.2, 0.25) is 5.91 Å². The molecule has 2 aromatic carbocycles. The molecule has 0 unspecified atom stereocenters. The molecule has 0 fully saturated rings. The molecule has 49 heavy (non-hydrogen) atoms. The lowest BCUT2D eigenvalue weighted by atomic mass is 9.77. The summed E-state index contributed by atoms with van der Waals surface area (Å²) in [6.45, 7) is 2.59. The molecule has 274 valence electrons. The van der Waals surface area contributed by atoms with Gasteiger partial charge in [-0.05, 0) is 79.4 Å². The van der Waals surface area contributed by atoms with E-state index in [1.807, 2.05) is 17.0 Å². The average Bonchev–Trinajstić information content (AvgIpc) is 3.25. The van der Waals surface area contributed by atoms with Gasteiger partial charge in [0.25, 0.3) is 0 Å². The van der Waals surface area contributed by atoms with Gasteiger partial charge in [0.15, 0.2) is 29.1 Å². The third kappa shape index (κ3) is 9.94. The number of nitrogens with zero attached hydrogens (tertiary/aromatic N) is 2. The van der Waals surface area contributed by atoms with Crippen LogP contribution in [0, 0.1) is 0 Å². The van der Waals surface area contributed by atoms with E-state index in [4.69, 9.17) is 54.7 Å². The first kappa shape index (κ1) is 39.7. The number of ether oxygens (including phenoxy) is 4. The highest BCUT2D eigenvalue weighted by molar-refractivity contribution is 5.80. The van der Waals surface area contributed by atoms with Crippen LogP contribution in [0.3, 0.4) is 0 Å². The minimum Gasteiger partial charge on any atom is -0.493 e. The second-order valence-electron chi connectivity index (χ2n) is 12.2. The maximum absolute atomic E-state index is 12.9. The van der Waals surface area contributed by atoms with Crippen LogP contribution in [0.2, 0.25) is 0 Å². The van der Waals surface area contributed by atoms with Crippen LogP contribution >= 0.6 is 0 Å². The number of likely N-dealkylation sites (N-methyl/N-ethyl adjacent to an activating group) is 1. The molecule has 0 aromatic heterocycles. The molecule has 15 nitrogen and oxygen atoms in total. The molecule has 2 aromatic rings. The van der Waals surface area contributed by atoms with E-state index in [-0.39, 0.29) is 5.91 Å². The van der Waals surface area contributed by atoms with E-state index in [2.05, 4.69) is 24.1 Å². The summed E-state index contributed by atoms with van der Waals surface area (Å²) in [7, 11) is 8.79. The molecular weight excluding hydrogens is 644 g/mol. The first-order chi connectivity index (χ1) is 23.3. The highest BCUT2D eigenvalue weighted by atomic mass is 16.5. The van der Waals surface area contributed by atoms with Crippen LogP contribution in [0.25, 0.3) is 0 Å². The van der Waals surface area contributed by atoms with Crippen molar-refractivity contribution in [2.45, 2.75) is 62.1 Å². The van der Waals surface area contributed by atoms with Crippen molar-refractivity contribution in [2.75, 3.05) is 68.3 Å². The van der Waals surface area contributed by atoms with Crippen LogP contribution in [-0.2, 0) is 28.9 Å². The maximum atomic E-state index is 12.9. The van der Waals surface area contributed by atoms with Gasteiger partial charge in [0.05, 0.1) is 41.5 Å². The topological polar surface area (TPSA) is 219 Å². The van der Waals surface area contributed by atoms with Crippen LogP contribution in [0.15, 0.2) is 24.3 Å². The number of hydrogen-bond donors (Lipinski definition) is 7. The number of benzene rings is 2. The van der Waals surface area contributed by atoms with Crippen molar-refractivity contribution in [3.05, 3.63) is 46.5 Å². The van der Waals surface area contributed by atoms with E-state index in [0.29, 0.717) is 18.1 Å². The van der Waals surface area contributed by atoms with Crippen molar-refractivity contribution in [1.29, 1.82) is 0 Å². The summed E-state index contributed by atoms with van der Waals surface area (Å²) in [5.74, 6) is 1.91. The highest BCUT2D eigenvalue weighted by Crippen LogP contribution is 2.42. The first-order valence-electron chi connectivity index (χ1n) is 16.0. The van der Waals surface area contributed by atoms with Gasteiger partial charge in [-0.25, -0.2) is 4.79 Å². The minimum atomic E-state index is -2.29. The van der Waals surface area contributed by atoms with Gasteiger partial charge in [0, 0.05) is 25.6 Å². The SMILES string of the molecule is COc1cc2c(cc1OC)CC(=O)N(CCCN(C)C[C@H]1Cc3cc(OC)c(OC)cc31)CC2.O=C(O)[C@@H](O)[C@@H](O)[C@H](O)[C@@H](O)[C@@H](O)CO. The van der Waals surface area contributed by atoms with E-state index in [1.54, 1.807) is 28.4 Å². The summed E-state index contributed by atoms with van der Waals surface area (Å²) in [6, 6.07) is 8.18. The Labute approximate surface area is 285 Å². The maximum Gasteiger partial charge on any atom is 0.335 e. The Balaban J connectivity index is 0.000000367. The second kappa shape index (κ2) is 18.3. The predicted molar refractivity (Wildman–Crippen MR) is 176 cm³/mol. The van der Waals surface area contributed by atoms with Crippen molar-refractivity contribution < 1.29 is 64.3 Å². The molecule has 2 aliphatic rings. The van der Waals surface area contributed by atoms with Gasteiger partial charge in [-0.15, -0.1) is 0 Å². The molecule has 7 N–H and O–H groups in total. The van der Waals surface area contributed by atoms with E-state index < -0.39 is 43.1 Å². The van der Waals surface area contributed by atoms with Gasteiger partial charge < -0.3 is 64.5 Å². The smallest absolute Gasteiger partial charge is 0.335 e. The number of amides is 1. The quantitative estimate of drug-likeness (QED) is 0.114. The van der Waals surface area contributed by atoms with E-state index >= 15 is 0 Å². The molecule has 15 heteroatoms. The van der Waals surface area contributed by atoms with Gasteiger partial charge >= 0.3 is 5.97 Å². The Morgan fingerprint density at radius 2 is 1.41 bits per heavy atom. The average molecular weight is 695 g/mol. The number of carboxylic acids is 1. The van der Waals surface area contributed by atoms with Crippen molar-refractivity contribution in [3.63, 3.8) is 0 Å². The molecule has 0 saturated carbocycles. The lowest BCUT2D eigenvalue weighted by molar-refractivity contribution is -0.169. The fourth-order valence-electron chi connectivity index (χ4n) is 6.02. The molecule has 0 bridgehead atoms. The van der Waals surface area contributed by atoms with Gasteiger partial charge in [-0.3, -0.25) is 4.79 Å². The molecule has 6 atom stereocenters. The third-order valence-corrected chi connectivity index (χ3v) is 8.96. The van der Waals surface area contributed by atoms with Gasteiger partial charge in [-0.1, -0.05) is 0 Å². The molecule has 1 aliphatic heterocycles. The molecular formula is C34H50N2O13. The zero-order chi connectivity index (χ0) is 36.4. The number of aliphatic carboxylic acids is 1. The normalized spacial score (nSPS) is 18.3. The van der Waals surface area contributed by atoms with Gasteiger partial charge in [-0.2, -0.15) is 0 Å². The van der Waals surface area contributed by atoms with E-state index in [9.17, 15) is 9.59 Å². The second-order valence-corrected chi connectivity index (χ2v) is 12.2. The number of aliphatic hydroxyl groups is 6. The van der Waals surface area contributed by atoms with Crippen molar-refractivity contribution >= 4 is 11.9 Å². The summed E-state index contributed by atoms with van der Waals surface area (Å²) < 4.78 is 21.7. The van der Waals surface area contributed by atoms with Crippen molar-refractivity contribution in [2.24, 2.45) is 0 Å². The number of carbonyl (C=O) groups excluding carboxylic acids is 1. The Bertz CT molecular complexity index is 1410. The number of rotatable bonds is 16. The fraction of sp³-hybridized carbons (Fsp3) is 0.588. The lowest BCUT2D eigenvalue weighted by Gasteiger charge is -2.34. The van der Waals surface area contributed by atoms with Gasteiger partial charge in [0.1, 0.15) is 24.4 Å². The predicted octanol–water partition coefficient (Wildman–Crippen LogP) is -0.822. The molecule has 0 spiro atoms. The van der Waals surface area contributed by atoms with Crippen LogP contribution in [-0.4, -0.2) is 156 Å². The molecule has 4 rings (SSSR count). The molecule has 0 saturated heterocycles. The lowest BCUT2D eigenvalue weighted by Crippen LogP contribution is -2.51. The van der Waals surface area contributed by atoms with Crippen LogP contribution in [0.4, 0.5) is 0 Å². The molecule has 1 amide bonds. The number of methoxy groups -OCH3 is 4. The van der Waals surface area contributed by atoms with E-state index in [1.165, 1.54) is 16.7 Å². The van der Waals surface area contributed by atoms with Crippen LogP contribution in [0.1, 0.15) is 34.6 Å². The highest BCUT2D eigenvalue weighted by Gasteiger charge is 2.37. The summed E-state index contributed by atoms with van der Waals surface area (Å²) in [4.78, 5) is 27.5. The number of hydrogen-bond acceptors (Lipinski definition) is 13. The number of aliphatic hydroxyl groups excluding tert-OH is 6. The standard InChI is InChI=1S/C27H36N2O5.C7H14O8/c1-28(17-21-11-20-14-25(33-4)26(34-5)16-22(20)21)8-6-9-29-10-7-18-12-23(31-2)24(32-3)13-19(18)15-27(29)30;8-1-2(9)3(10)4(11)5(12)6(13)7(14)15/h12-14,16,21H,6-11,15,17H2,1-5H3;2-6,8-13H,1H2,(H,14,15)/t21-;2-,3-,4+,5-,6-/m10/s1. The zero-order valence-electron chi connectivity index (χ0n) is 28.6. The van der Waals surface area contributed by atoms with Crippen molar-refractivity contribution in [1.82, 2.24) is 9.80 Å². The minimum absolute atomic E-state index is 0.183. The number of carbonyl (C=O) groups is 2. The molecule has 1 aliphatic carbocycles. The third-order valence-electron chi connectivity index (χ3n) is 8.96. The van der Waals surface area contributed by atoms with E-state index in [0.717, 1.165) is 68.3 Å². The number of carboxylic acid groups (broad SMARTS) is 1. The number of fused-ring (bicyclic) bond motifs is 2. The largest absolute Gasteiger partial charge is 0.493 e. The zero-order valence-corrected chi connectivity index (χ0v) is 28.6.